The van der Waals surface area contributed by atoms with E-state index in [9.17, 15) is 14.9 Å². The molecule has 182 valence electrons. The Bertz CT molecular complexity index is 1190. The lowest BCUT2D eigenvalue weighted by molar-refractivity contribution is -0.139. The van der Waals surface area contributed by atoms with Crippen molar-refractivity contribution in [2.75, 3.05) is 31.1 Å². The van der Waals surface area contributed by atoms with E-state index in [0.29, 0.717) is 55.7 Å². The van der Waals surface area contributed by atoms with E-state index in [0.717, 1.165) is 5.56 Å². The number of rotatable bonds is 8. The van der Waals surface area contributed by atoms with Crippen molar-refractivity contribution in [1.82, 2.24) is 15.2 Å². The van der Waals surface area contributed by atoms with Gasteiger partial charge in [0.25, 0.3) is 5.89 Å². The van der Waals surface area contributed by atoms with Crippen LogP contribution < -0.4 is 10.2 Å². The average Bonchev–Trinajstić information content (AvgIpc) is 3.57. The molecule has 1 aromatic carbocycles. The molecular formula is C25H26ClN5O4. The highest BCUT2D eigenvalue weighted by atomic mass is 35.5. The van der Waals surface area contributed by atoms with Gasteiger partial charge in [0.2, 0.25) is 23.4 Å². The van der Waals surface area contributed by atoms with Gasteiger partial charge in [-0.1, -0.05) is 23.7 Å². The molecule has 1 saturated heterocycles. The molecular weight excluding hydrogens is 470 g/mol. The summed E-state index contributed by atoms with van der Waals surface area (Å²) in [6.07, 6.45) is 2.69. The maximum Gasteiger partial charge on any atom is 0.266 e. The number of nitrogens with one attached hydrogen (secondary N) is 1. The lowest BCUT2D eigenvalue weighted by Crippen LogP contribution is -2.46. The first-order valence-electron chi connectivity index (χ1n) is 11.5. The van der Waals surface area contributed by atoms with Gasteiger partial charge in [-0.2, -0.15) is 10.2 Å². The molecule has 2 amide bonds. The van der Waals surface area contributed by atoms with Crippen LogP contribution in [0.2, 0.25) is 5.02 Å². The van der Waals surface area contributed by atoms with E-state index in [4.69, 9.17) is 20.4 Å². The monoisotopic (exact) mass is 495 g/mol. The van der Waals surface area contributed by atoms with E-state index >= 15 is 0 Å². The van der Waals surface area contributed by atoms with E-state index in [-0.39, 0.29) is 35.9 Å². The molecule has 4 rings (SSSR count). The highest BCUT2D eigenvalue weighted by Crippen LogP contribution is 2.31. The van der Waals surface area contributed by atoms with Gasteiger partial charge in [0.05, 0.1) is 12.8 Å². The first-order chi connectivity index (χ1) is 17.0. The van der Waals surface area contributed by atoms with Crippen molar-refractivity contribution >= 4 is 29.3 Å². The number of hydrogen-bond donors (Lipinski definition) is 1. The Morgan fingerprint density at radius 3 is 2.63 bits per heavy atom. The molecule has 1 aliphatic heterocycles. The van der Waals surface area contributed by atoms with Gasteiger partial charge in [0.15, 0.2) is 5.76 Å². The zero-order chi connectivity index (χ0) is 24.8. The fourth-order valence-corrected chi connectivity index (χ4v) is 4.20. The quantitative estimate of drug-likeness (QED) is 0.504. The van der Waals surface area contributed by atoms with Gasteiger partial charge < -0.3 is 24.0 Å². The number of nitriles is 1. The third-order valence-electron chi connectivity index (χ3n) is 6.01. The maximum absolute atomic E-state index is 13.1. The minimum absolute atomic E-state index is 0.0102. The number of nitrogens with zero attached hydrogens (tertiary/aromatic N) is 4. The summed E-state index contributed by atoms with van der Waals surface area (Å²) in [5, 5.41) is 13.0. The smallest absolute Gasteiger partial charge is 0.266 e. The number of hydrogen-bond acceptors (Lipinski definition) is 7. The number of oxazole rings is 1. The maximum atomic E-state index is 13.1. The van der Waals surface area contributed by atoms with Gasteiger partial charge in [0.1, 0.15) is 6.07 Å². The number of aromatic nitrogens is 1. The Hall–Kier alpha value is -3.77. The Balaban J connectivity index is 1.31. The molecule has 0 atom stereocenters. The van der Waals surface area contributed by atoms with Crippen molar-refractivity contribution in [3.8, 4) is 17.7 Å². The van der Waals surface area contributed by atoms with Crippen LogP contribution in [0.5, 0.6) is 0 Å². The predicted molar refractivity (Wildman–Crippen MR) is 129 cm³/mol. The largest absolute Gasteiger partial charge is 0.459 e. The average molecular weight is 496 g/mol. The van der Waals surface area contributed by atoms with Crippen LogP contribution in [0.1, 0.15) is 31.0 Å². The first-order valence-corrected chi connectivity index (χ1v) is 11.9. The summed E-state index contributed by atoms with van der Waals surface area (Å²) in [4.78, 5) is 33.3. The molecule has 3 aromatic rings. The lowest BCUT2D eigenvalue weighted by atomic mass is 9.95. The van der Waals surface area contributed by atoms with Crippen molar-refractivity contribution in [1.29, 1.82) is 5.26 Å². The van der Waals surface area contributed by atoms with Crippen LogP contribution in [0.3, 0.4) is 0 Å². The summed E-state index contributed by atoms with van der Waals surface area (Å²) < 4.78 is 11.1. The number of carbonyl (C=O) groups is 2. The van der Waals surface area contributed by atoms with Crippen LogP contribution in [-0.2, 0) is 16.1 Å². The number of benzene rings is 1. The summed E-state index contributed by atoms with van der Waals surface area (Å²) in [6, 6.07) is 12.8. The third-order valence-corrected chi connectivity index (χ3v) is 6.26. The topological polar surface area (TPSA) is 116 Å². The molecule has 0 radical (unpaired) electrons. The molecule has 0 spiro atoms. The van der Waals surface area contributed by atoms with Crippen molar-refractivity contribution in [3.63, 3.8) is 0 Å². The fraction of sp³-hybridized carbons (Fsp3) is 0.360. The van der Waals surface area contributed by atoms with Gasteiger partial charge in [0, 0.05) is 37.1 Å². The second kappa shape index (κ2) is 11.1. The second-order valence-corrected chi connectivity index (χ2v) is 8.72. The molecule has 1 fully saturated rings. The third kappa shape index (κ3) is 5.84. The van der Waals surface area contributed by atoms with Crippen molar-refractivity contribution < 1.29 is 18.4 Å². The van der Waals surface area contributed by atoms with Crippen LogP contribution in [0.15, 0.2) is 51.5 Å². The highest BCUT2D eigenvalue weighted by Gasteiger charge is 2.31. The molecule has 35 heavy (non-hydrogen) atoms. The van der Waals surface area contributed by atoms with E-state index in [1.807, 2.05) is 24.0 Å². The number of likely N-dealkylation sites (N-methyl/N-ethyl adjacent to an activating group) is 1. The minimum Gasteiger partial charge on any atom is -0.459 e. The Kier molecular flexibility index (Phi) is 7.73. The molecule has 3 heterocycles. The number of halogens is 1. The van der Waals surface area contributed by atoms with Crippen LogP contribution in [-0.4, -0.2) is 47.9 Å². The molecule has 0 saturated carbocycles. The molecule has 9 nitrogen and oxygen atoms in total. The van der Waals surface area contributed by atoms with Gasteiger partial charge in [-0.05, 0) is 49.6 Å². The summed E-state index contributed by atoms with van der Waals surface area (Å²) in [5.74, 6) is 0.640. The summed E-state index contributed by atoms with van der Waals surface area (Å²) >= 11 is 5.89. The number of furan rings is 1. The van der Waals surface area contributed by atoms with Crippen molar-refractivity contribution in [3.05, 3.63) is 58.9 Å². The molecule has 1 N–H and O–H groups in total. The highest BCUT2D eigenvalue weighted by molar-refractivity contribution is 6.30. The normalized spacial score (nSPS) is 13.9. The molecule has 10 heteroatoms. The SMILES string of the molecule is CCN(CC(=O)NCc1ccc(Cl)cc1)C(=O)C1CCN(c2oc(-c3ccco3)nc2C#N)CC1. The van der Waals surface area contributed by atoms with E-state index in [2.05, 4.69) is 16.4 Å². The first kappa shape index (κ1) is 24.4. The van der Waals surface area contributed by atoms with E-state index < -0.39 is 0 Å². The van der Waals surface area contributed by atoms with Gasteiger partial charge in [-0.15, -0.1) is 0 Å². The predicted octanol–water partition coefficient (Wildman–Crippen LogP) is 3.84. The summed E-state index contributed by atoms with van der Waals surface area (Å²) in [5.41, 5.74) is 1.12. The minimum atomic E-state index is -0.210. The Labute approximate surface area is 208 Å². The lowest BCUT2D eigenvalue weighted by Gasteiger charge is -2.33. The van der Waals surface area contributed by atoms with Gasteiger partial charge >= 0.3 is 0 Å². The molecule has 2 aromatic heterocycles. The number of anilines is 1. The van der Waals surface area contributed by atoms with Crippen LogP contribution in [0, 0.1) is 17.2 Å². The van der Waals surface area contributed by atoms with Crippen LogP contribution in [0.25, 0.3) is 11.7 Å². The van der Waals surface area contributed by atoms with E-state index in [1.54, 1.807) is 29.2 Å². The number of amides is 2. The summed E-state index contributed by atoms with van der Waals surface area (Å²) in [6.45, 7) is 3.77. The van der Waals surface area contributed by atoms with Crippen molar-refractivity contribution in [2.24, 2.45) is 5.92 Å². The zero-order valence-corrected chi connectivity index (χ0v) is 20.1. The Morgan fingerprint density at radius 1 is 1.26 bits per heavy atom. The zero-order valence-electron chi connectivity index (χ0n) is 19.4. The van der Waals surface area contributed by atoms with Gasteiger partial charge in [-0.25, -0.2) is 0 Å². The van der Waals surface area contributed by atoms with Crippen LogP contribution in [0.4, 0.5) is 5.88 Å². The molecule has 0 unspecified atom stereocenters. The molecule has 1 aliphatic rings. The Morgan fingerprint density at radius 2 is 2.00 bits per heavy atom. The summed E-state index contributed by atoms with van der Waals surface area (Å²) in [7, 11) is 0. The molecule has 0 aliphatic carbocycles. The van der Waals surface area contributed by atoms with E-state index in [1.165, 1.54) is 6.26 Å². The standard InChI is InChI=1S/C25H26ClN5O4/c1-2-30(16-22(32)28-15-17-5-7-19(26)8-6-17)24(33)18-9-11-31(12-10-18)25-20(14-27)29-23(35-25)21-4-3-13-34-21/h3-8,13,18H,2,9-12,15-16H2,1H3,(H,28,32). The fourth-order valence-electron chi connectivity index (χ4n) is 4.07. The second-order valence-electron chi connectivity index (χ2n) is 8.28. The molecule has 0 bridgehead atoms. The number of piperidine rings is 1. The van der Waals surface area contributed by atoms with Gasteiger partial charge in [-0.3, -0.25) is 9.59 Å². The van der Waals surface area contributed by atoms with Crippen LogP contribution >= 0.6 is 11.6 Å². The van der Waals surface area contributed by atoms with Crippen molar-refractivity contribution in [2.45, 2.75) is 26.3 Å². The number of carbonyl (C=O) groups excluding carboxylic acids is 2.